The fourth-order valence-electron chi connectivity index (χ4n) is 8.06. The highest BCUT2D eigenvalue weighted by Gasteiger charge is 2.31. The molecular formula is C43H56N6O4. The number of nitrogens with zero attached hydrogens (tertiary/aromatic N) is 4. The summed E-state index contributed by atoms with van der Waals surface area (Å²) in [5.41, 5.74) is 7.02. The zero-order valence-electron chi connectivity index (χ0n) is 32.7. The monoisotopic (exact) mass is 720 g/mol. The zero-order chi connectivity index (χ0) is 37.8. The third-order valence-electron chi connectivity index (χ3n) is 11.0. The highest BCUT2D eigenvalue weighted by Crippen LogP contribution is 2.43. The number of hydrogen-bond acceptors (Lipinski definition) is 6. The van der Waals surface area contributed by atoms with Gasteiger partial charge in [-0.2, -0.15) is 0 Å². The molecule has 0 saturated carbocycles. The van der Waals surface area contributed by atoms with E-state index in [2.05, 4.69) is 80.1 Å². The number of amides is 2. The maximum Gasteiger partial charge on any atom is 0.223 e. The molecule has 0 aliphatic carbocycles. The Hall–Kier alpha value is -4.70. The van der Waals surface area contributed by atoms with E-state index in [1.807, 2.05) is 36.8 Å². The fourth-order valence-corrected chi connectivity index (χ4v) is 8.06. The Kier molecular flexibility index (Phi) is 11.9. The molecule has 2 N–H and O–H groups in total. The standard InChI is InChI=1S/C43H56N6O4/c1-9-14-39(50)48(31(11-3)12-4)26(6)42-44-23-37(46-42)29-16-18-33-30(20-29)24-53-38-22-34-28(21-35(33)38)17-19-36-41(34)47-43(45-36)27(7)49(40(51)15-10-2)32(13-5)25-52-8/h16-23,26-27,31-32H,9-15,24-25H2,1-8H3,(H,44,46)(H,45,47). The van der Waals surface area contributed by atoms with Crippen LogP contribution in [0.5, 0.6) is 5.75 Å². The Morgan fingerprint density at radius 3 is 2.17 bits per heavy atom. The van der Waals surface area contributed by atoms with Gasteiger partial charge in [-0.25, -0.2) is 9.97 Å². The third kappa shape index (κ3) is 7.43. The number of carbonyl (C=O) groups is 2. The molecule has 3 aromatic carbocycles. The van der Waals surface area contributed by atoms with Gasteiger partial charge in [0.25, 0.3) is 0 Å². The molecule has 1 aliphatic rings. The molecule has 1 aliphatic heterocycles. The SMILES string of the molecule is CCCC(=O)N(C(CC)CC)C(C)c1ncc(-c2ccc3c(c2)COc2cc4c(ccc5[nH]c(C(C)N(C(=O)CCC)C(CC)COC)nc54)cc2-3)[nH]1. The second-order valence-corrected chi connectivity index (χ2v) is 14.4. The van der Waals surface area contributed by atoms with E-state index in [-0.39, 0.29) is 36.0 Å². The molecule has 2 aromatic heterocycles. The Morgan fingerprint density at radius 1 is 0.830 bits per heavy atom. The van der Waals surface area contributed by atoms with Crippen molar-refractivity contribution in [3.05, 3.63) is 65.9 Å². The summed E-state index contributed by atoms with van der Waals surface area (Å²) in [7, 11) is 1.68. The van der Waals surface area contributed by atoms with Crippen molar-refractivity contribution in [1.82, 2.24) is 29.7 Å². The van der Waals surface area contributed by atoms with Crippen molar-refractivity contribution in [2.45, 2.75) is 124 Å². The van der Waals surface area contributed by atoms with Gasteiger partial charge >= 0.3 is 0 Å². The first-order chi connectivity index (χ1) is 25.7. The Labute approximate surface area is 313 Å². The lowest BCUT2D eigenvalue weighted by atomic mass is 9.92. The summed E-state index contributed by atoms with van der Waals surface area (Å²) < 4.78 is 11.9. The predicted octanol–water partition coefficient (Wildman–Crippen LogP) is 9.66. The summed E-state index contributed by atoms with van der Waals surface area (Å²) in [4.78, 5) is 47.5. The second kappa shape index (κ2) is 16.5. The van der Waals surface area contributed by atoms with Crippen LogP contribution in [0.3, 0.4) is 0 Å². The van der Waals surface area contributed by atoms with Crippen molar-refractivity contribution >= 4 is 33.6 Å². The van der Waals surface area contributed by atoms with Crippen LogP contribution in [0.4, 0.5) is 0 Å². The van der Waals surface area contributed by atoms with Crippen LogP contribution in [0.25, 0.3) is 44.2 Å². The van der Waals surface area contributed by atoms with Crippen molar-refractivity contribution in [2.75, 3.05) is 13.7 Å². The summed E-state index contributed by atoms with van der Waals surface area (Å²) >= 11 is 0. The molecule has 5 aromatic rings. The van der Waals surface area contributed by atoms with Crippen LogP contribution in [0.15, 0.2) is 48.7 Å². The highest BCUT2D eigenvalue weighted by molar-refractivity contribution is 6.07. The molecular weight excluding hydrogens is 665 g/mol. The number of aromatic amines is 2. The molecule has 53 heavy (non-hydrogen) atoms. The third-order valence-corrected chi connectivity index (χ3v) is 11.0. The van der Waals surface area contributed by atoms with E-state index in [0.717, 1.165) is 99.3 Å². The average Bonchev–Trinajstić information content (AvgIpc) is 3.84. The summed E-state index contributed by atoms with van der Waals surface area (Å²) in [6.07, 6.45) is 7.13. The summed E-state index contributed by atoms with van der Waals surface area (Å²) in [5.74, 6) is 2.67. The smallest absolute Gasteiger partial charge is 0.223 e. The first-order valence-corrected chi connectivity index (χ1v) is 19.6. The van der Waals surface area contributed by atoms with Crippen molar-refractivity contribution in [1.29, 1.82) is 0 Å². The Bertz CT molecular complexity index is 2060. The molecule has 3 unspecified atom stereocenters. The number of carbonyl (C=O) groups excluding carboxylic acids is 2. The number of hydrogen-bond donors (Lipinski definition) is 2. The minimum atomic E-state index is -0.243. The van der Waals surface area contributed by atoms with E-state index in [1.165, 1.54) is 0 Å². The number of nitrogens with one attached hydrogen (secondary N) is 2. The first-order valence-electron chi connectivity index (χ1n) is 19.6. The van der Waals surface area contributed by atoms with E-state index in [9.17, 15) is 9.59 Å². The molecule has 2 amide bonds. The van der Waals surface area contributed by atoms with Gasteiger partial charge in [0.1, 0.15) is 24.0 Å². The molecule has 0 spiro atoms. The van der Waals surface area contributed by atoms with Gasteiger partial charge in [-0.1, -0.05) is 52.8 Å². The minimum absolute atomic E-state index is 0.0372. The molecule has 6 rings (SSSR count). The van der Waals surface area contributed by atoms with E-state index in [4.69, 9.17) is 19.4 Å². The number of imidazole rings is 2. The van der Waals surface area contributed by atoms with Gasteiger partial charge < -0.3 is 29.2 Å². The van der Waals surface area contributed by atoms with Crippen LogP contribution in [0, 0.1) is 0 Å². The fraction of sp³-hybridized carbons (Fsp3) is 0.488. The normalized spacial score (nSPS) is 14.1. The molecule has 282 valence electrons. The number of rotatable bonds is 16. The summed E-state index contributed by atoms with van der Waals surface area (Å²) in [5, 5.41) is 2.07. The van der Waals surface area contributed by atoms with Gasteiger partial charge in [-0.3, -0.25) is 9.59 Å². The van der Waals surface area contributed by atoms with Gasteiger partial charge in [-0.05, 0) is 92.3 Å². The van der Waals surface area contributed by atoms with Crippen molar-refractivity contribution < 1.29 is 19.1 Å². The Balaban J connectivity index is 1.29. The number of benzene rings is 3. The Morgan fingerprint density at radius 2 is 1.51 bits per heavy atom. The molecule has 0 radical (unpaired) electrons. The van der Waals surface area contributed by atoms with Gasteiger partial charge in [0, 0.05) is 36.9 Å². The van der Waals surface area contributed by atoms with Gasteiger partial charge in [0.2, 0.25) is 11.8 Å². The summed E-state index contributed by atoms with van der Waals surface area (Å²) in [6, 6.07) is 14.7. The van der Waals surface area contributed by atoms with Crippen LogP contribution in [0.2, 0.25) is 0 Å². The van der Waals surface area contributed by atoms with Gasteiger partial charge in [0.05, 0.1) is 47.7 Å². The molecule has 10 heteroatoms. The molecule has 3 atom stereocenters. The molecule has 0 fully saturated rings. The molecule has 10 nitrogen and oxygen atoms in total. The van der Waals surface area contributed by atoms with Crippen molar-refractivity contribution in [2.24, 2.45) is 0 Å². The topological polar surface area (TPSA) is 116 Å². The largest absolute Gasteiger partial charge is 0.488 e. The van der Waals surface area contributed by atoms with Crippen molar-refractivity contribution in [3.63, 3.8) is 0 Å². The van der Waals surface area contributed by atoms with Crippen LogP contribution < -0.4 is 4.74 Å². The van der Waals surface area contributed by atoms with Crippen LogP contribution in [-0.2, 0) is 20.9 Å². The maximum absolute atomic E-state index is 13.4. The molecule has 0 saturated heterocycles. The van der Waals surface area contributed by atoms with Gasteiger partial charge in [0.15, 0.2) is 0 Å². The van der Waals surface area contributed by atoms with E-state index in [1.54, 1.807) is 7.11 Å². The first kappa shape index (κ1) is 38.0. The molecule has 3 heterocycles. The van der Waals surface area contributed by atoms with E-state index in [0.29, 0.717) is 26.1 Å². The maximum atomic E-state index is 13.4. The van der Waals surface area contributed by atoms with Crippen LogP contribution in [0.1, 0.15) is 123 Å². The lowest BCUT2D eigenvalue weighted by molar-refractivity contribution is -0.138. The predicted molar refractivity (Wildman–Crippen MR) is 212 cm³/mol. The number of H-pyrrole nitrogens is 2. The summed E-state index contributed by atoms with van der Waals surface area (Å²) in [6.45, 7) is 15.5. The van der Waals surface area contributed by atoms with Crippen LogP contribution in [-0.4, -0.2) is 67.4 Å². The lowest BCUT2D eigenvalue weighted by Crippen LogP contribution is -2.44. The van der Waals surface area contributed by atoms with E-state index < -0.39 is 0 Å². The van der Waals surface area contributed by atoms with E-state index >= 15 is 0 Å². The zero-order valence-corrected chi connectivity index (χ0v) is 32.7. The highest BCUT2D eigenvalue weighted by atomic mass is 16.5. The number of fused-ring (bicyclic) bond motifs is 6. The number of methoxy groups -OCH3 is 1. The van der Waals surface area contributed by atoms with Crippen LogP contribution >= 0.6 is 0 Å². The average molecular weight is 721 g/mol. The van der Waals surface area contributed by atoms with Gasteiger partial charge in [-0.15, -0.1) is 0 Å². The number of ether oxygens (including phenoxy) is 2. The minimum Gasteiger partial charge on any atom is -0.488 e. The molecule has 0 bridgehead atoms. The number of aromatic nitrogens is 4. The van der Waals surface area contributed by atoms with Crippen molar-refractivity contribution in [3.8, 4) is 28.1 Å². The lowest BCUT2D eigenvalue weighted by Gasteiger charge is -2.35. The second-order valence-electron chi connectivity index (χ2n) is 14.4. The quantitative estimate of drug-likeness (QED) is 0.105.